The van der Waals surface area contributed by atoms with Crippen LogP contribution in [0.2, 0.25) is 0 Å². The van der Waals surface area contributed by atoms with Crippen LogP contribution < -0.4 is 11.1 Å². The highest BCUT2D eigenvalue weighted by Gasteiger charge is 2.34. The first-order valence-electron chi connectivity index (χ1n) is 5.54. The van der Waals surface area contributed by atoms with Gasteiger partial charge in [0.2, 0.25) is 0 Å². The zero-order valence-electron chi connectivity index (χ0n) is 9.10. The fourth-order valence-corrected chi connectivity index (χ4v) is 2.41. The molecule has 0 spiro atoms. The number of halogens is 2. The SMILES string of the molecule is NCC1(c2ccc(F)cc2F)CCNCC1. The van der Waals surface area contributed by atoms with Gasteiger partial charge in [0.1, 0.15) is 11.6 Å². The van der Waals surface area contributed by atoms with E-state index >= 15 is 0 Å². The molecule has 3 N–H and O–H groups in total. The van der Waals surface area contributed by atoms with E-state index in [0.717, 1.165) is 32.0 Å². The molecule has 1 aromatic carbocycles. The van der Waals surface area contributed by atoms with Crippen LogP contribution in [-0.2, 0) is 5.41 Å². The molecule has 0 bridgehead atoms. The maximum atomic E-state index is 13.8. The zero-order valence-corrected chi connectivity index (χ0v) is 9.10. The van der Waals surface area contributed by atoms with Crippen LogP contribution in [0.4, 0.5) is 8.78 Å². The molecule has 1 aliphatic rings. The van der Waals surface area contributed by atoms with E-state index in [0.29, 0.717) is 12.1 Å². The lowest BCUT2D eigenvalue weighted by Gasteiger charge is -2.37. The van der Waals surface area contributed by atoms with Crippen LogP contribution in [0.3, 0.4) is 0 Å². The zero-order chi connectivity index (χ0) is 11.6. The highest BCUT2D eigenvalue weighted by molar-refractivity contribution is 5.29. The lowest BCUT2D eigenvalue weighted by Crippen LogP contribution is -2.45. The normalized spacial score (nSPS) is 19.7. The summed E-state index contributed by atoms with van der Waals surface area (Å²) in [6.07, 6.45) is 1.60. The van der Waals surface area contributed by atoms with Crippen molar-refractivity contribution in [2.75, 3.05) is 19.6 Å². The molecule has 0 radical (unpaired) electrons. The first-order chi connectivity index (χ1) is 7.68. The quantitative estimate of drug-likeness (QED) is 0.803. The third-order valence-corrected chi connectivity index (χ3v) is 3.45. The second-order valence-corrected chi connectivity index (χ2v) is 4.36. The van der Waals surface area contributed by atoms with E-state index in [4.69, 9.17) is 5.73 Å². The summed E-state index contributed by atoms with van der Waals surface area (Å²) in [6, 6.07) is 3.77. The molecule has 1 heterocycles. The van der Waals surface area contributed by atoms with E-state index < -0.39 is 11.6 Å². The van der Waals surface area contributed by atoms with Gasteiger partial charge in [0.25, 0.3) is 0 Å². The monoisotopic (exact) mass is 226 g/mol. The minimum atomic E-state index is -0.539. The Balaban J connectivity index is 2.39. The summed E-state index contributed by atoms with van der Waals surface area (Å²) in [5, 5.41) is 3.22. The Morgan fingerprint density at radius 1 is 1.25 bits per heavy atom. The molecule has 0 aromatic heterocycles. The highest BCUT2D eigenvalue weighted by atomic mass is 19.1. The van der Waals surface area contributed by atoms with Crippen molar-refractivity contribution in [1.29, 1.82) is 0 Å². The first kappa shape index (κ1) is 11.5. The van der Waals surface area contributed by atoms with Crippen molar-refractivity contribution in [1.82, 2.24) is 5.32 Å². The molecule has 1 fully saturated rings. The molecular weight excluding hydrogens is 210 g/mol. The van der Waals surface area contributed by atoms with Gasteiger partial charge in [-0.25, -0.2) is 8.78 Å². The van der Waals surface area contributed by atoms with Crippen molar-refractivity contribution in [2.45, 2.75) is 18.3 Å². The molecule has 0 atom stereocenters. The molecule has 1 saturated heterocycles. The van der Waals surface area contributed by atoms with Gasteiger partial charge >= 0.3 is 0 Å². The third kappa shape index (κ3) is 1.95. The number of benzene rings is 1. The number of rotatable bonds is 2. The van der Waals surface area contributed by atoms with Gasteiger partial charge in [-0.1, -0.05) is 6.07 Å². The molecule has 4 heteroatoms. The number of hydrogen-bond acceptors (Lipinski definition) is 2. The fraction of sp³-hybridized carbons (Fsp3) is 0.500. The minimum absolute atomic E-state index is 0.330. The van der Waals surface area contributed by atoms with E-state index in [9.17, 15) is 8.78 Å². The lowest BCUT2D eigenvalue weighted by molar-refractivity contribution is 0.305. The van der Waals surface area contributed by atoms with Gasteiger partial charge in [0.05, 0.1) is 0 Å². The second kappa shape index (κ2) is 4.47. The van der Waals surface area contributed by atoms with Gasteiger partial charge < -0.3 is 11.1 Å². The molecule has 2 rings (SSSR count). The van der Waals surface area contributed by atoms with Gasteiger partial charge in [-0.2, -0.15) is 0 Å². The van der Waals surface area contributed by atoms with Crippen molar-refractivity contribution in [3.63, 3.8) is 0 Å². The maximum absolute atomic E-state index is 13.8. The summed E-state index contributed by atoms with van der Waals surface area (Å²) in [6.45, 7) is 2.05. The van der Waals surface area contributed by atoms with Crippen LogP contribution in [0.5, 0.6) is 0 Å². The van der Waals surface area contributed by atoms with Crippen molar-refractivity contribution < 1.29 is 8.78 Å². The lowest BCUT2D eigenvalue weighted by atomic mass is 9.73. The summed E-state index contributed by atoms with van der Waals surface area (Å²) >= 11 is 0. The Hall–Kier alpha value is -1.00. The fourth-order valence-electron chi connectivity index (χ4n) is 2.41. The van der Waals surface area contributed by atoms with Crippen LogP contribution in [-0.4, -0.2) is 19.6 Å². The smallest absolute Gasteiger partial charge is 0.129 e. The van der Waals surface area contributed by atoms with Crippen molar-refractivity contribution in [3.8, 4) is 0 Å². The van der Waals surface area contributed by atoms with Crippen molar-refractivity contribution in [3.05, 3.63) is 35.4 Å². The summed E-state index contributed by atoms with van der Waals surface area (Å²) in [4.78, 5) is 0. The standard InChI is InChI=1S/C12H16F2N2/c13-9-1-2-10(11(14)7-9)12(8-15)3-5-16-6-4-12/h1-2,7,16H,3-6,8,15H2. The van der Waals surface area contributed by atoms with Crippen molar-refractivity contribution >= 4 is 0 Å². The van der Waals surface area contributed by atoms with E-state index in [2.05, 4.69) is 5.32 Å². The van der Waals surface area contributed by atoms with E-state index in [1.165, 1.54) is 12.1 Å². The Morgan fingerprint density at radius 2 is 1.94 bits per heavy atom. The van der Waals surface area contributed by atoms with E-state index in [1.807, 2.05) is 0 Å². The van der Waals surface area contributed by atoms with Gasteiger partial charge in [-0.3, -0.25) is 0 Å². The maximum Gasteiger partial charge on any atom is 0.129 e. The molecule has 88 valence electrons. The molecule has 0 amide bonds. The Bertz CT molecular complexity index is 373. The van der Waals surface area contributed by atoms with Crippen LogP contribution >= 0.6 is 0 Å². The molecule has 1 aromatic rings. The Labute approximate surface area is 93.8 Å². The van der Waals surface area contributed by atoms with Crippen LogP contribution in [0, 0.1) is 11.6 Å². The summed E-state index contributed by atoms with van der Waals surface area (Å²) < 4.78 is 26.6. The summed E-state index contributed by atoms with van der Waals surface area (Å²) in [5.74, 6) is -1.02. The van der Waals surface area contributed by atoms with E-state index in [-0.39, 0.29) is 5.41 Å². The molecule has 0 unspecified atom stereocenters. The largest absolute Gasteiger partial charge is 0.330 e. The summed E-state index contributed by atoms with van der Waals surface area (Å²) in [7, 11) is 0. The number of hydrogen-bond donors (Lipinski definition) is 2. The first-order valence-corrected chi connectivity index (χ1v) is 5.54. The van der Waals surface area contributed by atoms with E-state index in [1.54, 1.807) is 0 Å². The molecule has 1 aliphatic heterocycles. The van der Waals surface area contributed by atoms with Crippen LogP contribution in [0.15, 0.2) is 18.2 Å². The molecule has 0 aliphatic carbocycles. The van der Waals surface area contributed by atoms with Crippen LogP contribution in [0.1, 0.15) is 18.4 Å². The predicted molar refractivity (Wildman–Crippen MR) is 59.2 cm³/mol. The topological polar surface area (TPSA) is 38.0 Å². The Morgan fingerprint density at radius 3 is 2.50 bits per heavy atom. The highest BCUT2D eigenvalue weighted by Crippen LogP contribution is 2.34. The van der Waals surface area contributed by atoms with Gasteiger partial charge in [0.15, 0.2) is 0 Å². The van der Waals surface area contributed by atoms with Gasteiger partial charge in [-0.05, 0) is 37.6 Å². The van der Waals surface area contributed by atoms with Crippen molar-refractivity contribution in [2.24, 2.45) is 5.73 Å². The summed E-state index contributed by atoms with van der Waals surface area (Å²) in [5.41, 5.74) is 6.01. The van der Waals surface area contributed by atoms with Gasteiger partial charge in [-0.15, -0.1) is 0 Å². The molecular formula is C12H16F2N2. The van der Waals surface area contributed by atoms with Crippen LogP contribution in [0.25, 0.3) is 0 Å². The molecule has 16 heavy (non-hydrogen) atoms. The third-order valence-electron chi connectivity index (χ3n) is 3.45. The average molecular weight is 226 g/mol. The van der Waals surface area contributed by atoms with Gasteiger partial charge in [0, 0.05) is 18.0 Å². The average Bonchev–Trinajstić information content (AvgIpc) is 2.30. The predicted octanol–water partition coefficient (Wildman–Crippen LogP) is 1.54. The minimum Gasteiger partial charge on any atom is -0.330 e. The molecule has 2 nitrogen and oxygen atoms in total. The second-order valence-electron chi connectivity index (χ2n) is 4.36. The number of piperidine rings is 1. The Kier molecular flexibility index (Phi) is 3.21. The number of nitrogens with two attached hydrogens (primary N) is 1. The molecule has 0 saturated carbocycles. The number of nitrogens with one attached hydrogen (secondary N) is 1.